The number of hydrogen-bond donors (Lipinski definition) is 1. The number of nitrogens with zero attached hydrogens (tertiary/aromatic N) is 1. The number of aromatic nitrogens is 1. The third kappa shape index (κ3) is 1.84. The number of methoxy groups -OCH3 is 1. The van der Waals surface area contributed by atoms with Gasteiger partial charge in [-0.25, -0.2) is 4.79 Å². The van der Waals surface area contributed by atoms with Gasteiger partial charge in [0.25, 0.3) is 5.56 Å². The van der Waals surface area contributed by atoms with Gasteiger partial charge in [-0.2, -0.15) is 0 Å². The Balaban J connectivity index is 2.88. The summed E-state index contributed by atoms with van der Waals surface area (Å²) in [6.45, 7) is 0. The Morgan fingerprint density at radius 3 is 2.67 bits per heavy atom. The molecule has 0 bridgehead atoms. The lowest BCUT2D eigenvalue weighted by molar-refractivity contribution is 0.0602. The number of carbonyl (C=O) groups is 1. The summed E-state index contributed by atoms with van der Waals surface area (Å²) in [5.74, 6) is -0.455. The fraction of sp³-hybridized carbons (Fsp3) is 0.231. The predicted octanol–water partition coefficient (Wildman–Crippen LogP) is 1.37. The molecule has 0 unspecified atom stereocenters. The maximum Gasteiger partial charge on any atom is 0.339 e. The van der Waals surface area contributed by atoms with Gasteiger partial charge in [-0.3, -0.25) is 4.79 Å². The highest BCUT2D eigenvalue weighted by Crippen LogP contribution is 2.20. The molecule has 1 aromatic heterocycles. The van der Waals surface area contributed by atoms with Crippen LogP contribution in [0, 0.1) is 0 Å². The second kappa shape index (κ2) is 4.52. The third-order valence-corrected chi connectivity index (χ3v) is 2.88. The molecule has 1 N–H and O–H groups in total. The van der Waals surface area contributed by atoms with E-state index in [9.17, 15) is 9.59 Å². The molecule has 0 amide bonds. The minimum Gasteiger partial charge on any atom is -0.465 e. The number of fused-ring (bicyclic) bond motifs is 1. The number of pyridine rings is 1. The molecule has 0 radical (unpaired) electrons. The van der Waals surface area contributed by atoms with Gasteiger partial charge in [0.15, 0.2) is 0 Å². The Bertz CT molecular complexity index is 674. The normalized spacial score (nSPS) is 10.4. The van der Waals surface area contributed by atoms with Crippen molar-refractivity contribution in [1.29, 1.82) is 0 Å². The number of esters is 1. The largest absolute Gasteiger partial charge is 0.465 e. The van der Waals surface area contributed by atoms with Crippen LogP contribution < -0.4 is 10.9 Å². The van der Waals surface area contributed by atoms with Crippen molar-refractivity contribution in [2.24, 2.45) is 7.05 Å². The quantitative estimate of drug-likeness (QED) is 0.813. The lowest BCUT2D eigenvalue weighted by Crippen LogP contribution is -2.19. The number of nitrogens with one attached hydrogen (secondary N) is 1. The predicted molar refractivity (Wildman–Crippen MR) is 70.1 cm³/mol. The van der Waals surface area contributed by atoms with Crippen LogP contribution in [0.15, 0.2) is 29.2 Å². The molecule has 18 heavy (non-hydrogen) atoms. The SMILES string of the molecule is CNc1ccc2c(=O)n(C)cc(C(=O)OC)c2c1. The van der Waals surface area contributed by atoms with Crippen LogP contribution in [0.4, 0.5) is 5.69 Å². The molecule has 0 spiro atoms. The minimum absolute atomic E-state index is 0.139. The maximum atomic E-state index is 12.0. The summed E-state index contributed by atoms with van der Waals surface area (Å²) >= 11 is 0. The first-order chi connectivity index (χ1) is 8.58. The summed E-state index contributed by atoms with van der Waals surface area (Å²) in [7, 11) is 4.71. The van der Waals surface area contributed by atoms with E-state index < -0.39 is 5.97 Å². The molecule has 0 fully saturated rings. The van der Waals surface area contributed by atoms with Crippen LogP contribution >= 0.6 is 0 Å². The molecule has 2 rings (SSSR count). The summed E-state index contributed by atoms with van der Waals surface area (Å²) in [4.78, 5) is 23.7. The van der Waals surface area contributed by atoms with Crippen LogP contribution in [0.2, 0.25) is 0 Å². The molecule has 0 aliphatic carbocycles. The number of ether oxygens (including phenoxy) is 1. The van der Waals surface area contributed by atoms with Gasteiger partial charge < -0.3 is 14.6 Å². The lowest BCUT2D eigenvalue weighted by atomic mass is 10.1. The summed E-state index contributed by atoms with van der Waals surface area (Å²) < 4.78 is 6.12. The molecule has 5 heteroatoms. The second-order valence-corrected chi connectivity index (χ2v) is 3.96. The minimum atomic E-state index is -0.455. The van der Waals surface area contributed by atoms with E-state index in [4.69, 9.17) is 4.74 Å². The van der Waals surface area contributed by atoms with E-state index in [1.807, 2.05) is 0 Å². The van der Waals surface area contributed by atoms with Crippen LogP contribution in [0.5, 0.6) is 0 Å². The molecular formula is C13H14N2O3. The number of carbonyl (C=O) groups excluding carboxylic acids is 1. The Kier molecular flexibility index (Phi) is 3.06. The van der Waals surface area contributed by atoms with E-state index in [1.165, 1.54) is 17.9 Å². The van der Waals surface area contributed by atoms with Gasteiger partial charge in [0.2, 0.25) is 0 Å². The van der Waals surface area contributed by atoms with Crippen LogP contribution in [0.1, 0.15) is 10.4 Å². The highest BCUT2D eigenvalue weighted by molar-refractivity contribution is 6.04. The van der Waals surface area contributed by atoms with Crippen molar-refractivity contribution in [2.45, 2.75) is 0 Å². The smallest absolute Gasteiger partial charge is 0.339 e. The van der Waals surface area contributed by atoms with Gasteiger partial charge in [0.05, 0.1) is 12.7 Å². The molecule has 5 nitrogen and oxygen atoms in total. The highest BCUT2D eigenvalue weighted by Gasteiger charge is 2.14. The van der Waals surface area contributed by atoms with E-state index in [0.29, 0.717) is 16.3 Å². The third-order valence-electron chi connectivity index (χ3n) is 2.88. The van der Waals surface area contributed by atoms with Gasteiger partial charge in [-0.15, -0.1) is 0 Å². The number of benzene rings is 1. The molecule has 0 atom stereocenters. The number of hydrogen-bond acceptors (Lipinski definition) is 4. The number of rotatable bonds is 2. The Morgan fingerprint density at radius 1 is 1.33 bits per heavy atom. The first-order valence-corrected chi connectivity index (χ1v) is 5.48. The zero-order chi connectivity index (χ0) is 13.3. The van der Waals surface area contributed by atoms with Gasteiger partial charge >= 0.3 is 5.97 Å². The first-order valence-electron chi connectivity index (χ1n) is 5.48. The van der Waals surface area contributed by atoms with Crippen molar-refractivity contribution >= 4 is 22.4 Å². The fourth-order valence-electron chi connectivity index (χ4n) is 1.89. The molecule has 0 saturated carbocycles. The maximum absolute atomic E-state index is 12.0. The first kappa shape index (κ1) is 12.2. The van der Waals surface area contributed by atoms with Crippen LogP contribution in [0.3, 0.4) is 0 Å². The zero-order valence-corrected chi connectivity index (χ0v) is 10.5. The van der Waals surface area contributed by atoms with Crippen molar-refractivity contribution in [1.82, 2.24) is 4.57 Å². The number of anilines is 1. The van der Waals surface area contributed by atoms with Gasteiger partial charge in [0, 0.05) is 36.8 Å². The highest BCUT2D eigenvalue weighted by atomic mass is 16.5. The van der Waals surface area contributed by atoms with Crippen molar-refractivity contribution in [3.8, 4) is 0 Å². The fourth-order valence-corrected chi connectivity index (χ4v) is 1.89. The van der Waals surface area contributed by atoms with Gasteiger partial charge in [-0.1, -0.05) is 0 Å². The van der Waals surface area contributed by atoms with Crippen LogP contribution in [-0.2, 0) is 11.8 Å². The average molecular weight is 246 g/mol. The average Bonchev–Trinajstić information content (AvgIpc) is 2.41. The molecule has 1 heterocycles. The summed E-state index contributed by atoms with van der Waals surface area (Å²) in [6.07, 6.45) is 1.50. The van der Waals surface area contributed by atoms with Gasteiger partial charge in [0.1, 0.15) is 0 Å². The molecule has 0 saturated heterocycles. The van der Waals surface area contributed by atoms with E-state index in [1.54, 1.807) is 32.3 Å². The van der Waals surface area contributed by atoms with E-state index in [0.717, 1.165) is 5.69 Å². The summed E-state index contributed by atoms with van der Waals surface area (Å²) in [6, 6.07) is 5.27. The van der Waals surface area contributed by atoms with Crippen molar-refractivity contribution in [3.05, 3.63) is 40.3 Å². The molecule has 94 valence electrons. The molecule has 1 aromatic carbocycles. The second-order valence-electron chi connectivity index (χ2n) is 3.96. The zero-order valence-electron chi connectivity index (χ0n) is 10.5. The van der Waals surface area contributed by atoms with E-state index in [-0.39, 0.29) is 5.56 Å². The van der Waals surface area contributed by atoms with Crippen molar-refractivity contribution in [2.75, 3.05) is 19.5 Å². The Labute approximate surface area is 104 Å². The van der Waals surface area contributed by atoms with Crippen molar-refractivity contribution < 1.29 is 9.53 Å². The van der Waals surface area contributed by atoms with Gasteiger partial charge in [-0.05, 0) is 18.2 Å². The standard InChI is InChI=1S/C13H14N2O3/c1-14-8-4-5-9-10(6-8)11(13(17)18-3)7-15(2)12(9)16/h4-7,14H,1-3H3. The Morgan fingerprint density at radius 2 is 2.06 bits per heavy atom. The molecule has 0 aliphatic rings. The summed E-state index contributed by atoms with van der Waals surface area (Å²) in [5.41, 5.74) is 1.08. The lowest BCUT2D eigenvalue weighted by Gasteiger charge is -2.09. The summed E-state index contributed by atoms with van der Waals surface area (Å²) in [5, 5.41) is 4.07. The Hall–Kier alpha value is -2.30. The van der Waals surface area contributed by atoms with E-state index in [2.05, 4.69) is 5.32 Å². The van der Waals surface area contributed by atoms with Crippen molar-refractivity contribution in [3.63, 3.8) is 0 Å². The van der Waals surface area contributed by atoms with Crippen LogP contribution in [-0.4, -0.2) is 24.7 Å². The van der Waals surface area contributed by atoms with E-state index >= 15 is 0 Å². The molecule has 0 aliphatic heterocycles. The number of aryl methyl sites for hydroxylation is 1. The monoisotopic (exact) mass is 246 g/mol. The molecular weight excluding hydrogens is 232 g/mol. The topological polar surface area (TPSA) is 60.3 Å². The van der Waals surface area contributed by atoms with Crippen LogP contribution in [0.25, 0.3) is 10.8 Å². The molecule has 2 aromatic rings.